The molecule has 1 aliphatic rings. The highest BCUT2D eigenvalue weighted by molar-refractivity contribution is 7.10. The van der Waals surface area contributed by atoms with Crippen molar-refractivity contribution in [3.63, 3.8) is 0 Å². The number of nitrogens with two attached hydrogens (primary N) is 1. The lowest BCUT2D eigenvalue weighted by Gasteiger charge is -2.19. The molecule has 0 amide bonds. The van der Waals surface area contributed by atoms with Gasteiger partial charge in [0.1, 0.15) is 10.8 Å². The molecule has 2 N–H and O–H groups in total. The summed E-state index contributed by atoms with van der Waals surface area (Å²) in [6, 6.07) is 8.00. The molecule has 1 aromatic carbocycles. The summed E-state index contributed by atoms with van der Waals surface area (Å²) in [4.78, 5) is 4.75. The number of ether oxygens (including phenoxy) is 1. The average Bonchev–Trinajstić information content (AvgIpc) is 3.08. The third-order valence-electron chi connectivity index (χ3n) is 3.79. The van der Waals surface area contributed by atoms with Gasteiger partial charge in [-0.1, -0.05) is 25.0 Å². The average molecular weight is 311 g/mol. The molecule has 1 saturated carbocycles. The first-order valence-electron chi connectivity index (χ1n) is 6.61. The molecule has 1 heterocycles. The van der Waals surface area contributed by atoms with E-state index < -0.39 is 0 Å². The van der Waals surface area contributed by atoms with Crippen molar-refractivity contribution in [3.05, 3.63) is 34.7 Å². The fourth-order valence-corrected chi connectivity index (χ4v) is 3.64. The summed E-state index contributed by atoms with van der Waals surface area (Å²) in [5.74, 6) is 0.857. The number of methoxy groups -OCH3 is 1. The molecule has 0 bridgehead atoms. The quantitative estimate of drug-likeness (QED) is 0.933. The van der Waals surface area contributed by atoms with E-state index >= 15 is 0 Å². The third-order valence-corrected chi connectivity index (χ3v) is 4.85. The van der Waals surface area contributed by atoms with Crippen LogP contribution in [0.25, 0.3) is 11.3 Å². The van der Waals surface area contributed by atoms with Gasteiger partial charge in [-0.3, -0.25) is 0 Å². The second-order valence-electron chi connectivity index (χ2n) is 5.13. The summed E-state index contributed by atoms with van der Waals surface area (Å²) in [5, 5.41) is 3.17. The molecule has 3 rings (SSSR count). The Bertz CT molecular complexity index is 579. The highest BCUT2D eigenvalue weighted by Gasteiger charge is 2.34. The van der Waals surface area contributed by atoms with Crippen LogP contribution in [0.4, 0.5) is 0 Å². The summed E-state index contributed by atoms with van der Waals surface area (Å²) in [7, 11) is 1.68. The minimum Gasteiger partial charge on any atom is -0.497 e. The smallest absolute Gasteiger partial charge is 0.119 e. The lowest BCUT2D eigenvalue weighted by molar-refractivity contribution is 0.415. The van der Waals surface area contributed by atoms with Crippen LogP contribution in [0.5, 0.6) is 5.75 Å². The molecule has 3 nitrogen and oxygen atoms in total. The van der Waals surface area contributed by atoms with Gasteiger partial charge >= 0.3 is 0 Å². The summed E-state index contributed by atoms with van der Waals surface area (Å²) < 4.78 is 5.25. The maximum Gasteiger partial charge on any atom is 0.119 e. The number of halogens is 1. The fourth-order valence-electron chi connectivity index (χ4n) is 2.64. The van der Waals surface area contributed by atoms with Crippen LogP contribution in [0.2, 0.25) is 0 Å². The number of aromatic nitrogens is 1. The third kappa shape index (κ3) is 2.82. The van der Waals surface area contributed by atoms with Gasteiger partial charge in [-0.25, -0.2) is 4.98 Å². The SMILES string of the molecule is COc1cccc(-c2csc(C3(N)CCCC3)n2)c1.Cl. The van der Waals surface area contributed by atoms with Gasteiger partial charge in [0.2, 0.25) is 0 Å². The van der Waals surface area contributed by atoms with Gasteiger partial charge in [0, 0.05) is 10.9 Å². The second kappa shape index (κ2) is 6.12. The van der Waals surface area contributed by atoms with Gasteiger partial charge in [-0.15, -0.1) is 23.7 Å². The van der Waals surface area contributed by atoms with E-state index in [0.717, 1.165) is 34.9 Å². The minimum atomic E-state index is -0.193. The molecule has 20 heavy (non-hydrogen) atoms. The Kier molecular flexibility index (Phi) is 4.68. The van der Waals surface area contributed by atoms with E-state index in [2.05, 4.69) is 11.4 Å². The molecule has 0 saturated heterocycles. The summed E-state index contributed by atoms with van der Waals surface area (Å²) in [6.45, 7) is 0. The number of rotatable bonds is 3. The molecule has 1 fully saturated rings. The standard InChI is InChI=1S/C15H18N2OS.ClH/c1-18-12-6-4-5-11(9-12)13-10-19-14(17-13)15(16)7-2-3-8-15;/h4-6,9-10H,2-3,7-8,16H2,1H3;1H. The number of hydrogen-bond acceptors (Lipinski definition) is 4. The Morgan fingerprint density at radius 2 is 2.05 bits per heavy atom. The van der Waals surface area contributed by atoms with Crippen LogP contribution >= 0.6 is 23.7 Å². The summed E-state index contributed by atoms with van der Waals surface area (Å²) >= 11 is 1.68. The predicted octanol–water partition coefficient (Wildman–Crippen LogP) is 3.97. The van der Waals surface area contributed by atoms with Crippen molar-refractivity contribution < 1.29 is 4.74 Å². The highest BCUT2D eigenvalue weighted by Crippen LogP contribution is 2.39. The monoisotopic (exact) mass is 310 g/mol. The lowest BCUT2D eigenvalue weighted by Crippen LogP contribution is -2.32. The van der Waals surface area contributed by atoms with Crippen molar-refractivity contribution >= 4 is 23.7 Å². The number of nitrogens with zero attached hydrogens (tertiary/aromatic N) is 1. The van der Waals surface area contributed by atoms with Gasteiger partial charge < -0.3 is 10.5 Å². The van der Waals surface area contributed by atoms with E-state index in [4.69, 9.17) is 15.5 Å². The predicted molar refractivity (Wildman–Crippen MR) is 85.7 cm³/mol. The Morgan fingerprint density at radius 1 is 1.30 bits per heavy atom. The Labute approximate surface area is 129 Å². The van der Waals surface area contributed by atoms with Gasteiger partial charge in [0.15, 0.2) is 0 Å². The van der Waals surface area contributed by atoms with Crippen molar-refractivity contribution in [1.82, 2.24) is 4.98 Å². The van der Waals surface area contributed by atoms with E-state index in [1.807, 2.05) is 18.2 Å². The van der Waals surface area contributed by atoms with E-state index in [9.17, 15) is 0 Å². The van der Waals surface area contributed by atoms with Gasteiger partial charge in [-0.2, -0.15) is 0 Å². The molecule has 0 atom stereocenters. The van der Waals surface area contributed by atoms with E-state index in [1.54, 1.807) is 18.4 Å². The van der Waals surface area contributed by atoms with Gasteiger partial charge in [-0.05, 0) is 25.0 Å². The first-order chi connectivity index (χ1) is 9.21. The van der Waals surface area contributed by atoms with E-state index in [1.165, 1.54) is 12.8 Å². The van der Waals surface area contributed by atoms with Crippen molar-refractivity contribution in [3.8, 4) is 17.0 Å². The van der Waals surface area contributed by atoms with E-state index in [-0.39, 0.29) is 17.9 Å². The van der Waals surface area contributed by atoms with Gasteiger partial charge in [0.05, 0.1) is 18.3 Å². The molecular formula is C15H19ClN2OS. The molecule has 1 aromatic heterocycles. The number of hydrogen-bond donors (Lipinski definition) is 1. The Balaban J connectivity index is 0.00000147. The lowest BCUT2D eigenvalue weighted by atomic mass is 10.0. The molecule has 0 unspecified atom stereocenters. The Hall–Kier alpha value is -1.10. The maximum absolute atomic E-state index is 6.45. The molecule has 108 valence electrons. The van der Waals surface area contributed by atoms with Gasteiger partial charge in [0.25, 0.3) is 0 Å². The zero-order chi connectivity index (χ0) is 13.3. The fraction of sp³-hybridized carbons (Fsp3) is 0.400. The molecule has 0 radical (unpaired) electrons. The highest BCUT2D eigenvalue weighted by atomic mass is 35.5. The van der Waals surface area contributed by atoms with Crippen LogP contribution in [0.15, 0.2) is 29.6 Å². The van der Waals surface area contributed by atoms with Crippen LogP contribution in [0, 0.1) is 0 Å². The Morgan fingerprint density at radius 3 is 2.75 bits per heavy atom. The zero-order valence-electron chi connectivity index (χ0n) is 11.5. The molecule has 5 heteroatoms. The van der Waals surface area contributed by atoms with Crippen LogP contribution in [0.1, 0.15) is 30.7 Å². The van der Waals surface area contributed by atoms with Crippen molar-refractivity contribution in [1.29, 1.82) is 0 Å². The minimum absolute atomic E-state index is 0. The van der Waals surface area contributed by atoms with Crippen LogP contribution < -0.4 is 10.5 Å². The number of thiazole rings is 1. The molecule has 0 spiro atoms. The first kappa shape index (κ1) is 15.3. The van der Waals surface area contributed by atoms with Crippen molar-refractivity contribution in [2.24, 2.45) is 5.73 Å². The largest absolute Gasteiger partial charge is 0.497 e. The first-order valence-corrected chi connectivity index (χ1v) is 7.48. The normalized spacial score (nSPS) is 16.7. The van der Waals surface area contributed by atoms with E-state index in [0.29, 0.717) is 0 Å². The molecule has 1 aliphatic carbocycles. The molecule has 0 aliphatic heterocycles. The van der Waals surface area contributed by atoms with Crippen LogP contribution in [0.3, 0.4) is 0 Å². The van der Waals surface area contributed by atoms with Crippen LogP contribution in [-0.2, 0) is 5.54 Å². The zero-order valence-corrected chi connectivity index (χ0v) is 13.1. The second-order valence-corrected chi connectivity index (χ2v) is 5.99. The van der Waals surface area contributed by atoms with Crippen LogP contribution in [-0.4, -0.2) is 12.1 Å². The summed E-state index contributed by atoms with van der Waals surface area (Å²) in [6.07, 6.45) is 4.53. The maximum atomic E-state index is 6.45. The topological polar surface area (TPSA) is 48.1 Å². The van der Waals surface area contributed by atoms with Crippen molar-refractivity contribution in [2.45, 2.75) is 31.2 Å². The van der Waals surface area contributed by atoms with Crippen molar-refractivity contribution in [2.75, 3.05) is 7.11 Å². The molecular weight excluding hydrogens is 292 g/mol. The summed E-state index contributed by atoms with van der Waals surface area (Å²) in [5.41, 5.74) is 8.34. The molecule has 2 aromatic rings. The number of benzene rings is 1.